The second-order valence-electron chi connectivity index (χ2n) is 3.26. The molecule has 5 heteroatoms. The molecule has 0 amide bonds. The number of halogens is 1. The second kappa shape index (κ2) is 4.76. The van der Waals surface area contributed by atoms with Crippen LogP contribution in [0.2, 0.25) is 0 Å². The Hall–Kier alpha value is -1.88. The largest absolute Gasteiger partial charge is 0.451 e. The number of para-hydroxylation sites is 1. The lowest BCUT2D eigenvalue weighted by molar-refractivity contribution is 0.440. The van der Waals surface area contributed by atoms with Crippen molar-refractivity contribution >= 4 is 0 Å². The summed E-state index contributed by atoms with van der Waals surface area (Å²) >= 11 is 0. The Bertz CT molecular complexity index is 470. The molecule has 0 fully saturated rings. The van der Waals surface area contributed by atoms with Crippen LogP contribution in [0.25, 0.3) is 0 Å². The van der Waals surface area contributed by atoms with Gasteiger partial charge in [-0.15, -0.1) is 0 Å². The minimum absolute atomic E-state index is 0.200. The molecule has 0 spiro atoms. The van der Waals surface area contributed by atoms with E-state index in [0.29, 0.717) is 12.4 Å². The first kappa shape index (κ1) is 10.6. The summed E-state index contributed by atoms with van der Waals surface area (Å²) in [4.78, 5) is 0. The highest BCUT2D eigenvalue weighted by molar-refractivity contribution is 5.29. The maximum atomic E-state index is 13.3. The molecule has 0 radical (unpaired) electrons. The fraction of sp³-hybridized carbons (Fsp3) is 0.182. The Morgan fingerprint density at radius 2 is 2.25 bits per heavy atom. The quantitative estimate of drug-likeness (QED) is 0.858. The van der Waals surface area contributed by atoms with Crippen LogP contribution in [0.3, 0.4) is 0 Å². The summed E-state index contributed by atoms with van der Waals surface area (Å²) in [6, 6.07) is 6.27. The lowest BCUT2D eigenvalue weighted by Gasteiger charge is -2.02. The molecule has 16 heavy (non-hydrogen) atoms. The molecular formula is C11H12FN3O. The van der Waals surface area contributed by atoms with E-state index >= 15 is 0 Å². The van der Waals surface area contributed by atoms with Crippen LogP contribution in [-0.4, -0.2) is 16.8 Å². The van der Waals surface area contributed by atoms with E-state index < -0.39 is 0 Å². The van der Waals surface area contributed by atoms with Gasteiger partial charge in [0.2, 0.25) is 0 Å². The molecule has 2 aromatic rings. The van der Waals surface area contributed by atoms with Crippen molar-refractivity contribution in [2.24, 2.45) is 0 Å². The third-order valence-corrected chi connectivity index (χ3v) is 1.99. The maximum Gasteiger partial charge on any atom is 0.165 e. The maximum absolute atomic E-state index is 13.3. The number of nitrogens with zero attached hydrogens (tertiary/aromatic N) is 2. The van der Waals surface area contributed by atoms with Gasteiger partial charge in [-0.05, 0) is 19.2 Å². The van der Waals surface area contributed by atoms with Gasteiger partial charge in [0, 0.05) is 0 Å². The summed E-state index contributed by atoms with van der Waals surface area (Å²) in [7, 11) is 1.82. The van der Waals surface area contributed by atoms with Gasteiger partial charge in [0.05, 0.1) is 19.1 Å². The van der Waals surface area contributed by atoms with Gasteiger partial charge >= 0.3 is 0 Å². The van der Waals surface area contributed by atoms with E-state index in [9.17, 15) is 4.39 Å². The minimum atomic E-state index is -0.385. The van der Waals surface area contributed by atoms with Crippen LogP contribution in [-0.2, 0) is 6.67 Å². The third kappa shape index (κ3) is 2.38. The summed E-state index contributed by atoms with van der Waals surface area (Å²) in [5, 5.41) is 6.98. The van der Waals surface area contributed by atoms with E-state index in [1.165, 1.54) is 6.07 Å². The summed E-state index contributed by atoms with van der Waals surface area (Å²) in [6.45, 7) is 0.584. The fourth-order valence-corrected chi connectivity index (χ4v) is 1.30. The first-order valence-electron chi connectivity index (χ1n) is 4.89. The molecule has 0 bridgehead atoms. The lowest BCUT2D eigenvalue weighted by Crippen LogP contribution is -2.12. The van der Waals surface area contributed by atoms with Crippen molar-refractivity contribution in [1.29, 1.82) is 0 Å². The van der Waals surface area contributed by atoms with Gasteiger partial charge in [0.25, 0.3) is 0 Å². The van der Waals surface area contributed by atoms with E-state index in [4.69, 9.17) is 4.74 Å². The zero-order valence-electron chi connectivity index (χ0n) is 8.85. The molecule has 1 aromatic heterocycles. The highest BCUT2D eigenvalue weighted by Crippen LogP contribution is 2.23. The van der Waals surface area contributed by atoms with Crippen molar-refractivity contribution in [1.82, 2.24) is 15.1 Å². The van der Waals surface area contributed by atoms with E-state index in [1.807, 2.05) is 7.05 Å². The van der Waals surface area contributed by atoms with Crippen LogP contribution in [0.15, 0.2) is 36.7 Å². The number of benzene rings is 1. The zero-order chi connectivity index (χ0) is 11.4. The third-order valence-electron chi connectivity index (χ3n) is 1.99. The van der Waals surface area contributed by atoms with Gasteiger partial charge in [0.1, 0.15) is 0 Å². The highest BCUT2D eigenvalue weighted by Gasteiger charge is 2.04. The molecule has 2 rings (SSSR count). The number of ether oxygens (including phenoxy) is 1. The van der Waals surface area contributed by atoms with Crippen LogP contribution >= 0.6 is 0 Å². The van der Waals surface area contributed by atoms with Gasteiger partial charge in [-0.2, -0.15) is 5.10 Å². The van der Waals surface area contributed by atoms with E-state index in [2.05, 4.69) is 10.4 Å². The first-order valence-corrected chi connectivity index (χ1v) is 4.89. The van der Waals surface area contributed by atoms with Gasteiger partial charge < -0.3 is 10.1 Å². The van der Waals surface area contributed by atoms with Crippen LogP contribution < -0.4 is 10.1 Å². The molecule has 0 saturated heterocycles. The van der Waals surface area contributed by atoms with Gasteiger partial charge in [-0.3, -0.25) is 4.68 Å². The number of rotatable bonds is 4. The summed E-state index contributed by atoms with van der Waals surface area (Å²) < 4.78 is 20.3. The average molecular weight is 221 g/mol. The molecule has 1 aromatic carbocycles. The van der Waals surface area contributed by atoms with Gasteiger partial charge in [-0.25, -0.2) is 4.39 Å². The average Bonchev–Trinajstić information content (AvgIpc) is 2.70. The number of aromatic nitrogens is 2. The Morgan fingerprint density at radius 3 is 3.00 bits per heavy atom. The Balaban J connectivity index is 2.11. The SMILES string of the molecule is CNCn1cc(Oc2ccccc2F)cn1. The highest BCUT2D eigenvalue weighted by atomic mass is 19.1. The Morgan fingerprint density at radius 1 is 1.44 bits per heavy atom. The van der Waals surface area contributed by atoms with Crippen molar-refractivity contribution in [2.45, 2.75) is 6.67 Å². The molecule has 4 nitrogen and oxygen atoms in total. The predicted octanol–water partition coefficient (Wildman–Crippen LogP) is 1.99. The van der Waals surface area contributed by atoms with Crippen LogP contribution in [0.1, 0.15) is 0 Å². The monoisotopic (exact) mass is 221 g/mol. The molecule has 0 aliphatic rings. The van der Waals surface area contributed by atoms with Crippen molar-refractivity contribution in [2.75, 3.05) is 7.05 Å². The standard InChI is InChI=1S/C11H12FN3O/c1-13-8-15-7-9(6-14-15)16-11-5-3-2-4-10(11)12/h2-7,13H,8H2,1H3. The second-order valence-corrected chi connectivity index (χ2v) is 3.26. The first-order chi connectivity index (χ1) is 7.79. The normalized spacial score (nSPS) is 10.4. The van der Waals surface area contributed by atoms with E-state index in [1.54, 1.807) is 35.3 Å². The molecular weight excluding hydrogens is 209 g/mol. The van der Waals surface area contributed by atoms with Crippen LogP contribution in [0.4, 0.5) is 4.39 Å². The van der Waals surface area contributed by atoms with Crippen molar-refractivity contribution in [3.63, 3.8) is 0 Å². The summed E-state index contributed by atoms with van der Waals surface area (Å²) in [5.41, 5.74) is 0. The zero-order valence-corrected chi connectivity index (χ0v) is 8.85. The topological polar surface area (TPSA) is 39.1 Å². The van der Waals surface area contributed by atoms with E-state index in [-0.39, 0.29) is 11.6 Å². The van der Waals surface area contributed by atoms with Gasteiger partial charge in [-0.1, -0.05) is 12.1 Å². The van der Waals surface area contributed by atoms with Gasteiger partial charge in [0.15, 0.2) is 17.3 Å². The fourth-order valence-electron chi connectivity index (χ4n) is 1.30. The summed E-state index contributed by atoms with van der Waals surface area (Å²) in [5.74, 6) is 0.329. The molecule has 0 saturated carbocycles. The van der Waals surface area contributed by atoms with Crippen molar-refractivity contribution in [3.8, 4) is 11.5 Å². The van der Waals surface area contributed by atoms with Crippen molar-refractivity contribution < 1.29 is 9.13 Å². The molecule has 0 unspecified atom stereocenters. The minimum Gasteiger partial charge on any atom is -0.451 e. The number of hydrogen-bond acceptors (Lipinski definition) is 3. The Labute approximate surface area is 92.7 Å². The molecule has 0 atom stereocenters. The molecule has 84 valence electrons. The smallest absolute Gasteiger partial charge is 0.165 e. The molecule has 1 heterocycles. The number of nitrogens with one attached hydrogen (secondary N) is 1. The van der Waals surface area contributed by atoms with Crippen molar-refractivity contribution in [3.05, 3.63) is 42.5 Å². The van der Waals surface area contributed by atoms with Crippen LogP contribution in [0, 0.1) is 5.82 Å². The van der Waals surface area contributed by atoms with E-state index in [0.717, 1.165) is 0 Å². The van der Waals surface area contributed by atoms with Crippen LogP contribution in [0.5, 0.6) is 11.5 Å². The molecule has 1 N–H and O–H groups in total. The predicted molar refractivity (Wildman–Crippen MR) is 57.8 cm³/mol. The molecule has 0 aliphatic carbocycles. The Kier molecular flexibility index (Phi) is 3.16. The molecule has 0 aliphatic heterocycles. The lowest BCUT2D eigenvalue weighted by atomic mass is 10.3. The summed E-state index contributed by atoms with van der Waals surface area (Å²) in [6.07, 6.45) is 3.24. The number of hydrogen-bond donors (Lipinski definition) is 1.